The molecule has 6 aromatic rings. The van der Waals surface area contributed by atoms with Crippen LogP contribution in [0.2, 0.25) is 0 Å². The molecule has 4 saturated heterocycles. The van der Waals surface area contributed by atoms with E-state index in [1.807, 2.05) is 9.97 Å². The highest BCUT2D eigenvalue weighted by molar-refractivity contribution is 7.48. The molecule has 16 N–H and O–H groups in total. The van der Waals surface area contributed by atoms with E-state index >= 15 is 0 Å². The lowest BCUT2D eigenvalue weighted by Gasteiger charge is -2.26. The van der Waals surface area contributed by atoms with Crippen LogP contribution in [0.3, 0.4) is 0 Å². The number of fused-ring (bicyclic) bond motifs is 2. The maximum Gasteiger partial charge on any atom is 0.694 e. The Morgan fingerprint density at radius 1 is 0.553 bits per heavy atom. The van der Waals surface area contributed by atoms with Crippen LogP contribution in [0.4, 0.5) is 11.8 Å². The fraction of sp³-hybridized carbons (Fsp3) is 0.526. The van der Waals surface area contributed by atoms with Gasteiger partial charge in [0.25, 0.3) is 16.7 Å². The smallest absolute Gasteiger partial charge is 0.387 e. The second-order valence-electron chi connectivity index (χ2n) is 18.6. The van der Waals surface area contributed by atoms with Gasteiger partial charge in [0.2, 0.25) is 5.95 Å². The molecular formula is C38H47N14O29P4+. The van der Waals surface area contributed by atoms with Gasteiger partial charge in [0.05, 0.1) is 32.5 Å². The Balaban J connectivity index is 0.869. The van der Waals surface area contributed by atoms with Gasteiger partial charge in [-0.3, -0.25) is 74.7 Å². The van der Waals surface area contributed by atoms with Crippen LogP contribution in [-0.4, -0.2) is 203 Å². The largest absolute Gasteiger partial charge is 0.694 e. The van der Waals surface area contributed by atoms with Gasteiger partial charge in [-0.25, -0.2) is 43.2 Å². The number of rotatable bonds is 22. The third-order valence-electron chi connectivity index (χ3n) is 13.2. The fourth-order valence-electron chi connectivity index (χ4n) is 9.37. The van der Waals surface area contributed by atoms with E-state index in [0.717, 1.165) is 52.6 Å². The molecule has 4 unspecified atom stereocenters. The summed E-state index contributed by atoms with van der Waals surface area (Å²) in [5.74, 6) is -0.544. The number of phosphoric ester groups is 3. The number of hydrogen-bond acceptors (Lipinski definition) is 32. The van der Waals surface area contributed by atoms with Gasteiger partial charge in [-0.1, -0.05) is 0 Å². The molecule has 4 fully saturated rings. The maximum atomic E-state index is 14.0. The summed E-state index contributed by atoms with van der Waals surface area (Å²) in [4.78, 5) is 130. The van der Waals surface area contributed by atoms with Crippen molar-refractivity contribution in [2.45, 2.75) is 98.2 Å². The molecule has 0 aromatic carbocycles. The molecule has 0 amide bonds. The summed E-state index contributed by atoms with van der Waals surface area (Å²) in [5, 5.41) is 56.0. The third kappa shape index (κ3) is 13.0. The average Bonchev–Trinajstić information content (AvgIpc) is 4.38. The molecule has 10 rings (SSSR count). The number of ether oxygens (including phenoxy) is 4. The molecule has 0 saturated carbocycles. The second kappa shape index (κ2) is 24.2. The molecule has 4 aliphatic heterocycles. The molecule has 20 atom stereocenters. The Labute approximate surface area is 468 Å². The van der Waals surface area contributed by atoms with Crippen molar-refractivity contribution in [1.82, 2.24) is 58.1 Å². The molecule has 0 radical (unpaired) electrons. The van der Waals surface area contributed by atoms with Crippen LogP contribution in [0.15, 0.2) is 67.5 Å². The van der Waals surface area contributed by atoms with Gasteiger partial charge < -0.3 is 70.6 Å². The second-order valence-corrected chi connectivity index (χ2v) is 23.6. The number of anilines is 2. The zero-order chi connectivity index (χ0) is 61.2. The summed E-state index contributed by atoms with van der Waals surface area (Å²) in [5.41, 5.74) is 6.00. The summed E-state index contributed by atoms with van der Waals surface area (Å²) in [6.07, 6.45) is -26.3. The van der Waals surface area contributed by atoms with Crippen molar-refractivity contribution in [3.8, 4) is 0 Å². The molecule has 6 aromatic heterocycles. The molecule has 0 bridgehead atoms. The van der Waals surface area contributed by atoms with E-state index in [2.05, 4.69) is 29.9 Å². The Morgan fingerprint density at radius 3 is 1.46 bits per heavy atom. The quantitative estimate of drug-likeness (QED) is 0.0281. The predicted octanol–water partition coefficient (Wildman–Crippen LogP) is -6.21. The minimum atomic E-state index is -5.81. The maximum absolute atomic E-state index is 14.0. The number of nitrogen functional groups attached to an aromatic ring is 2. The van der Waals surface area contributed by atoms with Crippen molar-refractivity contribution in [3.63, 3.8) is 0 Å². The van der Waals surface area contributed by atoms with E-state index in [1.165, 1.54) is 0 Å². The van der Waals surface area contributed by atoms with Crippen molar-refractivity contribution >= 4 is 65.8 Å². The number of H-pyrrole nitrogens is 3. The normalized spacial score (nSPS) is 32.0. The molecule has 0 spiro atoms. The van der Waals surface area contributed by atoms with Gasteiger partial charge in [0.15, 0.2) is 47.5 Å². The molecule has 43 nitrogen and oxygen atoms in total. The number of aromatic amines is 3. The average molecular weight is 1290 g/mol. The van der Waals surface area contributed by atoms with Crippen LogP contribution < -0.4 is 39.5 Å². The Morgan fingerprint density at radius 2 is 0.976 bits per heavy atom. The van der Waals surface area contributed by atoms with Crippen molar-refractivity contribution in [2.75, 3.05) is 37.9 Å². The van der Waals surface area contributed by atoms with E-state index in [0.29, 0.717) is 9.13 Å². The number of imidazole rings is 2. The van der Waals surface area contributed by atoms with Gasteiger partial charge >= 0.3 is 43.1 Å². The van der Waals surface area contributed by atoms with Gasteiger partial charge in [0, 0.05) is 29.1 Å². The first kappa shape index (κ1) is 61.9. The van der Waals surface area contributed by atoms with Crippen molar-refractivity contribution < 1.29 is 114 Å². The van der Waals surface area contributed by atoms with Gasteiger partial charge in [0.1, 0.15) is 91.7 Å². The molecule has 4 aliphatic rings. The zero-order valence-electron chi connectivity index (χ0n) is 42.3. The highest BCUT2D eigenvalue weighted by Gasteiger charge is 2.55. The zero-order valence-corrected chi connectivity index (χ0v) is 45.8. The number of hydrogen-bond donors (Lipinski definition) is 14. The summed E-state index contributed by atoms with van der Waals surface area (Å²) < 4.78 is 115. The van der Waals surface area contributed by atoms with Crippen molar-refractivity contribution in [3.05, 3.63) is 95.5 Å². The highest BCUT2D eigenvalue weighted by Crippen LogP contribution is 2.54. The molecule has 85 heavy (non-hydrogen) atoms. The van der Waals surface area contributed by atoms with Crippen LogP contribution in [0.1, 0.15) is 24.9 Å². The van der Waals surface area contributed by atoms with Crippen LogP contribution in [-0.2, 0) is 68.9 Å². The molecular weight excluding hydrogens is 1240 g/mol. The third-order valence-corrected chi connectivity index (χ3v) is 16.5. The van der Waals surface area contributed by atoms with E-state index in [-0.39, 0.29) is 28.1 Å². The number of nitrogens with one attached hydrogen (secondary N) is 3. The van der Waals surface area contributed by atoms with Gasteiger partial charge in [-0.15, -0.1) is 9.42 Å². The lowest BCUT2D eigenvalue weighted by Crippen LogP contribution is -2.39. The molecule has 462 valence electrons. The van der Waals surface area contributed by atoms with Gasteiger partial charge in [-0.2, -0.15) is 4.98 Å². The SMILES string of the molecule is Nc1nc2c(ncn2[C@@H]2O[C@H](COP(=O)(O)O[C@H]3[C@@H](O)[C@H](n4ccc(=O)[nH]c4=O)O[C@@H]3COP(=O)(O)O[C@H]3[C@@H](O)[C@H](n4cnc5c(N)ncnc54)O[C@@H]3CO[P+](=O)O)[C@@H](OP(=O)(O)OC[C@H]3O[C@@H](n4ccc(=O)[nH]c4=O)[C@H](O)[C@@H]3O)[C@H]2O)c(=O)[nH]1. The molecule has 0 aliphatic carbocycles. The lowest BCUT2D eigenvalue weighted by molar-refractivity contribution is -0.0645. The predicted molar refractivity (Wildman–Crippen MR) is 268 cm³/mol. The van der Waals surface area contributed by atoms with Crippen LogP contribution in [0.5, 0.6) is 0 Å². The van der Waals surface area contributed by atoms with Crippen LogP contribution in [0, 0.1) is 0 Å². The first-order chi connectivity index (χ1) is 40.1. The minimum absolute atomic E-state index is 0.00636. The molecule has 10 heterocycles. The van der Waals surface area contributed by atoms with Crippen molar-refractivity contribution in [1.29, 1.82) is 0 Å². The Hall–Kier alpha value is -6.15. The number of aliphatic hydroxyl groups excluding tert-OH is 5. The molecule has 47 heteroatoms. The highest BCUT2D eigenvalue weighted by atomic mass is 31.2. The van der Waals surface area contributed by atoms with Gasteiger partial charge in [-0.05, 0) is 0 Å². The van der Waals surface area contributed by atoms with E-state index in [4.69, 9.17) is 62.1 Å². The summed E-state index contributed by atoms with van der Waals surface area (Å²) in [6.45, 7) is -4.56. The fourth-order valence-corrected chi connectivity index (χ4v) is 12.5. The summed E-state index contributed by atoms with van der Waals surface area (Å²) in [7, 11) is -20.4. The topological polar surface area (TPSA) is 621 Å². The van der Waals surface area contributed by atoms with Crippen LogP contribution >= 0.6 is 31.7 Å². The monoisotopic (exact) mass is 1290 g/mol. The van der Waals surface area contributed by atoms with Crippen molar-refractivity contribution in [2.24, 2.45) is 0 Å². The first-order valence-electron chi connectivity index (χ1n) is 24.2. The number of aliphatic hydroxyl groups is 5. The van der Waals surface area contributed by atoms with E-state index in [9.17, 15) is 87.3 Å². The first-order valence-corrected chi connectivity index (χ1v) is 29.8. The standard InChI is InChI=1S/C38H46N14O29P4/c39-28-18-29(42-9-41-28)51(10-43-18)34-23(58)25(13(76-34)5-71-82(63)64)79-84(67,68)73-7-14-26(22(57)33(77-14)50-4-2-17(54)46-38(50)62)80-85(69,70)74-8-15-27(24(59)35(78-15)52-11-44-19-30(52)47-36(40)48-31(19)60)81-83(65,66)72-6-12-20(55)21(56)32(75-12)49-3-1-16(53)45-37(49)61/h1-4,9-15,20-27,32-35,55-59H,5-8H2,(H10-,39,40,41,42,45,46,47,48,53,54,60,61,62,63,64,65,66,67,68,69,70)/p+1/t12-,13-,14-,15-,20-,21-,22-,23-,24-,25-,26-,27-,32-,33-,34-,35-/m1/s1. The van der Waals surface area contributed by atoms with Crippen LogP contribution in [0.25, 0.3) is 22.3 Å². The minimum Gasteiger partial charge on any atom is -0.387 e. The number of nitrogens with zero attached hydrogens (tertiary/aromatic N) is 9. The Bertz CT molecular complexity index is 3950. The van der Waals surface area contributed by atoms with E-state index < -0.39 is 190 Å². The summed E-state index contributed by atoms with van der Waals surface area (Å²) >= 11 is 0. The number of aromatic nitrogens is 12. The lowest BCUT2D eigenvalue weighted by atomic mass is 10.1. The number of nitrogens with two attached hydrogens (primary N) is 2. The number of phosphoric acid groups is 3. The van der Waals surface area contributed by atoms with E-state index in [1.54, 1.807) is 0 Å². The summed E-state index contributed by atoms with van der Waals surface area (Å²) in [6, 6.07) is 1.70. The Kier molecular flexibility index (Phi) is 17.6.